The maximum atomic E-state index is 15.3. The number of hydrogen-bond donors (Lipinski definition) is 0. The Hall–Kier alpha value is -1.83. The van der Waals surface area contributed by atoms with Crippen LogP contribution < -0.4 is 4.74 Å². The summed E-state index contributed by atoms with van der Waals surface area (Å²) in [5, 5.41) is 1.67. The largest absolute Gasteiger partial charge is 0.494 e. The Labute approximate surface area is 181 Å². The maximum Gasteiger partial charge on any atom is 0.134 e. The van der Waals surface area contributed by atoms with E-state index in [1.807, 2.05) is 31.2 Å². The maximum absolute atomic E-state index is 15.3. The van der Waals surface area contributed by atoms with E-state index in [-0.39, 0.29) is 5.82 Å². The van der Waals surface area contributed by atoms with Crippen LogP contribution in [-0.2, 0) is 0 Å². The number of halogens is 1. The molecule has 2 aromatic rings. The van der Waals surface area contributed by atoms with Crippen molar-refractivity contribution in [2.24, 2.45) is 17.8 Å². The van der Waals surface area contributed by atoms with Gasteiger partial charge < -0.3 is 4.74 Å². The van der Waals surface area contributed by atoms with E-state index in [1.165, 1.54) is 51.4 Å². The zero-order valence-electron chi connectivity index (χ0n) is 18.5. The van der Waals surface area contributed by atoms with Gasteiger partial charge in [-0.1, -0.05) is 31.1 Å². The Bertz CT molecular complexity index is 841. The molecule has 2 aromatic carbocycles. The summed E-state index contributed by atoms with van der Waals surface area (Å²) in [5.74, 6) is 3.87. The van der Waals surface area contributed by atoms with E-state index >= 15 is 4.39 Å². The second-order valence-electron chi connectivity index (χ2n) is 9.54. The lowest BCUT2D eigenvalue weighted by molar-refractivity contribution is 0.156. The third-order valence-electron chi connectivity index (χ3n) is 7.82. The van der Waals surface area contributed by atoms with Gasteiger partial charge in [-0.05, 0) is 111 Å². The standard InChI is InChI=1S/C28H37FO/c1-3-5-6-20-7-9-21(10-8-20)22-11-13-23(14-12-22)26-17-15-24-19-25(30-4-2)16-18-27(24)28(26)29/h3,15-23H,1,4-14H2,2H3. The number of benzene rings is 2. The fraction of sp³-hybridized carbons (Fsp3) is 0.571. The minimum Gasteiger partial charge on any atom is -0.494 e. The van der Waals surface area contributed by atoms with Gasteiger partial charge in [0.1, 0.15) is 11.6 Å². The van der Waals surface area contributed by atoms with Gasteiger partial charge in [-0.15, -0.1) is 6.58 Å². The lowest BCUT2D eigenvalue weighted by Crippen LogP contribution is -2.25. The molecule has 2 fully saturated rings. The fourth-order valence-corrected chi connectivity index (χ4v) is 6.06. The van der Waals surface area contributed by atoms with Crippen LogP contribution in [0.5, 0.6) is 5.75 Å². The zero-order chi connectivity index (χ0) is 20.9. The summed E-state index contributed by atoms with van der Waals surface area (Å²) in [4.78, 5) is 0. The molecule has 0 spiro atoms. The van der Waals surface area contributed by atoms with Crippen molar-refractivity contribution in [2.45, 2.75) is 77.0 Å². The van der Waals surface area contributed by atoms with Crippen LogP contribution in [0.2, 0.25) is 0 Å². The molecule has 0 amide bonds. The average molecular weight is 409 g/mol. The van der Waals surface area contributed by atoms with Crippen LogP contribution in [0.25, 0.3) is 10.8 Å². The molecule has 2 aliphatic carbocycles. The van der Waals surface area contributed by atoms with Crippen LogP contribution in [0.15, 0.2) is 43.0 Å². The van der Waals surface area contributed by atoms with E-state index in [0.29, 0.717) is 12.5 Å². The van der Waals surface area contributed by atoms with Crippen molar-refractivity contribution in [2.75, 3.05) is 6.61 Å². The predicted molar refractivity (Wildman–Crippen MR) is 125 cm³/mol. The van der Waals surface area contributed by atoms with Crippen LogP contribution >= 0.6 is 0 Å². The smallest absolute Gasteiger partial charge is 0.134 e. The highest BCUT2D eigenvalue weighted by Crippen LogP contribution is 2.45. The van der Waals surface area contributed by atoms with Gasteiger partial charge in [0.15, 0.2) is 0 Å². The summed E-state index contributed by atoms with van der Waals surface area (Å²) in [6.07, 6.45) is 15.0. The summed E-state index contributed by atoms with van der Waals surface area (Å²) in [7, 11) is 0. The highest BCUT2D eigenvalue weighted by atomic mass is 19.1. The molecule has 0 atom stereocenters. The predicted octanol–water partition coefficient (Wildman–Crippen LogP) is 8.42. The topological polar surface area (TPSA) is 9.23 Å². The fourth-order valence-electron chi connectivity index (χ4n) is 6.06. The molecular formula is C28H37FO. The Morgan fingerprint density at radius 3 is 2.33 bits per heavy atom. The molecule has 4 rings (SSSR count). The molecule has 30 heavy (non-hydrogen) atoms. The van der Waals surface area contributed by atoms with Crippen LogP contribution in [-0.4, -0.2) is 6.61 Å². The first-order valence-electron chi connectivity index (χ1n) is 12.2. The van der Waals surface area contributed by atoms with Gasteiger partial charge in [-0.2, -0.15) is 0 Å². The van der Waals surface area contributed by atoms with Crippen molar-refractivity contribution >= 4 is 10.8 Å². The Kier molecular flexibility index (Phi) is 7.12. The molecule has 1 nitrogen and oxygen atoms in total. The molecular weight excluding hydrogens is 371 g/mol. The lowest BCUT2D eigenvalue weighted by atomic mass is 9.68. The molecule has 162 valence electrons. The second-order valence-corrected chi connectivity index (χ2v) is 9.54. The SMILES string of the molecule is C=CCCC1CCC(C2CCC(c3ccc4cc(OCC)ccc4c3F)CC2)CC1. The molecule has 2 saturated carbocycles. The molecule has 0 radical (unpaired) electrons. The van der Waals surface area contributed by atoms with Gasteiger partial charge in [0.05, 0.1) is 6.61 Å². The molecule has 0 aliphatic heterocycles. The molecule has 0 aromatic heterocycles. The molecule has 0 heterocycles. The van der Waals surface area contributed by atoms with Gasteiger partial charge in [0, 0.05) is 5.39 Å². The van der Waals surface area contributed by atoms with Gasteiger partial charge in [-0.3, -0.25) is 0 Å². The zero-order valence-corrected chi connectivity index (χ0v) is 18.5. The summed E-state index contributed by atoms with van der Waals surface area (Å²) < 4.78 is 20.9. The van der Waals surface area contributed by atoms with Crippen molar-refractivity contribution in [1.82, 2.24) is 0 Å². The van der Waals surface area contributed by atoms with Crippen LogP contribution in [0.1, 0.15) is 82.6 Å². The number of allylic oxidation sites excluding steroid dienone is 1. The quantitative estimate of drug-likeness (QED) is 0.418. The Balaban J connectivity index is 1.36. The molecule has 2 heteroatoms. The van der Waals surface area contributed by atoms with E-state index < -0.39 is 0 Å². The third-order valence-corrected chi connectivity index (χ3v) is 7.82. The van der Waals surface area contributed by atoms with E-state index in [9.17, 15) is 0 Å². The van der Waals surface area contributed by atoms with Gasteiger partial charge >= 0.3 is 0 Å². The molecule has 0 unspecified atom stereocenters. The number of fused-ring (bicyclic) bond motifs is 1. The molecule has 2 aliphatic rings. The van der Waals surface area contributed by atoms with Crippen LogP contribution in [0, 0.1) is 23.6 Å². The monoisotopic (exact) mass is 408 g/mol. The molecule has 0 N–H and O–H groups in total. The van der Waals surface area contributed by atoms with E-state index in [1.54, 1.807) is 0 Å². The molecule has 0 bridgehead atoms. The number of hydrogen-bond acceptors (Lipinski definition) is 1. The third kappa shape index (κ3) is 4.74. The van der Waals surface area contributed by atoms with E-state index in [0.717, 1.165) is 52.7 Å². The van der Waals surface area contributed by atoms with Crippen molar-refractivity contribution in [3.63, 3.8) is 0 Å². The summed E-state index contributed by atoms with van der Waals surface area (Å²) >= 11 is 0. The van der Waals surface area contributed by atoms with Crippen LogP contribution in [0.3, 0.4) is 0 Å². The van der Waals surface area contributed by atoms with E-state index in [2.05, 4.69) is 18.7 Å². The second kappa shape index (κ2) is 9.98. The summed E-state index contributed by atoms with van der Waals surface area (Å²) in [6, 6.07) is 9.83. The highest BCUT2D eigenvalue weighted by molar-refractivity contribution is 5.85. The van der Waals surface area contributed by atoms with Gasteiger partial charge in [0.2, 0.25) is 0 Å². The van der Waals surface area contributed by atoms with Crippen molar-refractivity contribution in [3.8, 4) is 5.75 Å². The molecule has 0 saturated heterocycles. The summed E-state index contributed by atoms with van der Waals surface area (Å²) in [5.41, 5.74) is 0.929. The van der Waals surface area contributed by atoms with E-state index in [4.69, 9.17) is 4.74 Å². The lowest BCUT2D eigenvalue weighted by Gasteiger charge is -2.38. The van der Waals surface area contributed by atoms with Gasteiger partial charge in [0.25, 0.3) is 0 Å². The minimum absolute atomic E-state index is 0.0123. The average Bonchev–Trinajstić information content (AvgIpc) is 2.79. The van der Waals surface area contributed by atoms with Crippen molar-refractivity contribution in [1.29, 1.82) is 0 Å². The first-order valence-corrected chi connectivity index (χ1v) is 12.2. The first-order chi connectivity index (χ1) is 14.7. The normalized spacial score (nSPS) is 27.1. The number of rotatable bonds is 7. The number of ether oxygens (including phenoxy) is 1. The highest BCUT2D eigenvalue weighted by Gasteiger charge is 2.32. The van der Waals surface area contributed by atoms with Crippen molar-refractivity contribution in [3.05, 3.63) is 54.4 Å². The van der Waals surface area contributed by atoms with Gasteiger partial charge in [-0.25, -0.2) is 4.39 Å². The Morgan fingerprint density at radius 2 is 1.67 bits per heavy atom. The minimum atomic E-state index is -0.0123. The Morgan fingerprint density at radius 1 is 0.967 bits per heavy atom. The van der Waals surface area contributed by atoms with Crippen LogP contribution in [0.4, 0.5) is 4.39 Å². The first kappa shape index (κ1) is 21.4. The van der Waals surface area contributed by atoms with Crippen molar-refractivity contribution < 1.29 is 9.13 Å². The summed E-state index contributed by atoms with van der Waals surface area (Å²) in [6.45, 7) is 6.47.